The highest BCUT2D eigenvalue weighted by molar-refractivity contribution is 6.05. The molecule has 3 N–H and O–H groups in total. The van der Waals surface area contributed by atoms with Gasteiger partial charge in [-0.15, -0.1) is 0 Å². The molecule has 0 unspecified atom stereocenters. The molecule has 3 rings (SSSR count). The van der Waals surface area contributed by atoms with Gasteiger partial charge in [0.05, 0.1) is 11.4 Å². The van der Waals surface area contributed by atoms with E-state index >= 15 is 0 Å². The van der Waals surface area contributed by atoms with E-state index < -0.39 is 0 Å². The van der Waals surface area contributed by atoms with Crippen LogP contribution in [0.25, 0.3) is 0 Å². The fourth-order valence-electron chi connectivity index (χ4n) is 2.52. The second-order valence-electron chi connectivity index (χ2n) is 5.05. The van der Waals surface area contributed by atoms with Gasteiger partial charge >= 0.3 is 6.03 Å². The van der Waals surface area contributed by atoms with Gasteiger partial charge in [0.25, 0.3) is 0 Å². The van der Waals surface area contributed by atoms with E-state index in [1.807, 2.05) is 49.4 Å². The maximum absolute atomic E-state index is 12.4. The number of aryl methyl sites for hydroxylation is 1. The molecular formula is C16H17N3O. The molecule has 0 spiro atoms. The van der Waals surface area contributed by atoms with Crippen LogP contribution in [-0.4, -0.2) is 12.6 Å². The Labute approximate surface area is 118 Å². The number of rotatable bonds is 1. The van der Waals surface area contributed by atoms with Crippen LogP contribution in [0, 0.1) is 6.92 Å². The molecule has 0 atom stereocenters. The van der Waals surface area contributed by atoms with Gasteiger partial charge in [0, 0.05) is 12.2 Å². The van der Waals surface area contributed by atoms with Crippen molar-refractivity contribution in [3.63, 3.8) is 0 Å². The number of nitrogen functional groups attached to an aromatic ring is 1. The molecule has 0 saturated heterocycles. The standard InChI is InChI=1S/C16H17N3O/c1-11-5-7-13(8-6-11)18-16(20)19-10-9-12-3-2-4-14(17)15(12)19/h2-8H,9-10,17H2,1H3,(H,18,20). The Morgan fingerprint density at radius 3 is 2.70 bits per heavy atom. The monoisotopic (exact) mass is 267 g/mol. The maximum atomic E-state index is 12.4. The molecule has 1 aliphatic rings. The van der Waals surface area contributed by atoms with Crippen molar-refractivity contribution >= 4 is 23.1 Å². The molecule has 102 valence electrons. The lowest BCUT2D eigenvalue weighted by atomic mass is 10.1. The van der Waals surface area contributed by atoms with E-state index in [1.165, 1.54) is 5.56 Å². The van der Waals surface area contributed by atoms with Gasteiger partial charge < -0.3 is 11.1 Å². The highest BCUT2D eigenvalue weighted by atomic mass is 16.2. The topological polar surface area (TPSA) is 58.4 Å². The second-order valence-corrected chi connectivity index (χ2v) is 5.05. The minimum atomic E-state index is -0.134. The molecule has 2 aromatic rings. The number of carbonyl (C=O) groups is 1. The number of urea groups is 1. The predicted molar refractivity (Wildman–Crippen MR) is 82.1 cm³/mol. The van der Waals surface area contributed by atoms with Crippen molar-refractivity contribution in [1.29, 1.82) is 0 Å². The summed E-state index contributed by atoms with van der Waals surface area (Å²) in [5.41, 5.74) is 10.6. The van der Waals surface area contributed by atoms with Crippen molar-refractivity contribution < 1.29 is 4.79 Å². The molecule has 20 heavy (non-hydrogen) atoms. The lowest BCUT2D eigenvalue weighted by molar-refractivity contribution is 0.257. The first-order valence-electron chi connectivity index (χ1n) is 6.68. The van der Waals surface area contributed by atoms with Crippen LogP contribution in [-0.2, 0) is 6.42 Å². The van der Waals surface area contributed by atoms with Crippen LogP contribution in [0.4, 0.5) is 21.9 Å². The van der Waals surface area contributed by atoms with Gasteiger partial charge in [-0.2, -0.15) is 0 Å². The molecule has 0 fully saturated rings. The average Bonchev–Trinajstić information content (AvgIpc) is 2.87. The predicted octanol–water partition coefficient (Wildman–Crippen LogP) is 3.17. The molecule has 1 aliphatic heterocycles. The number of hydrogen-bond donors (Lipinski definition) is 2. The van der Waals surface area contributed by atoms with Crippen molar-refractivity contribution in [2.45, 2.75) is 13.3 Å². The highest BCUT2D eigenvalue weighted by Gasteiger charge is 2.26. The van der Waals surface area contributed by atoms with E-state index in [0.717, 1.165) is 23.4 Å². The summed E-state index contributed by atoms with van der Waals surface area (Å²) in [4.78, 5) is 14.1. The first kappa shape index (κ1) is 12.5. The summed E-state index contributed by atoms with van der Waals surface area (Å²) in [6.45, 7) is 2.68. The van der Waals surface area contributed by atoms with Gasteiger partial charge in [-0.1, -0.05) is 29.8 Å². The Morgan fingerprint density at radius 2 is 1.95 bits per heavy atom. The summed E-state index contributed by atoms with van der Waals surface area (Å²) < 4.78 is 0. The lowest BCUT2D eigenvalue weighted by Crippen LogP contribution is -2.33. The number of anilines is 3. The van der Waals surface area contributed by atoms with Gasteiger partial charge in [-0.25, -0.2) is 4.79 Å². The molecule has 0 saturated carbocycles. The van der Waals surface area contributed by atoms with E-state index in [0.29, 0.717) is 12.2 Å². The first-order valence-corrected chi connectivity index (χ1v) is 6.68. The molecule has 0 radical (unpaired) electrons. The van der Waals surface area contributed by atoms with Crippen LogP contribution in [0.1, 0.15) is 11.1 Å². The van der Waals surface area contributed by atoms with E-state index in [1.54, 1.807) is 4.90 Å². The third kappa shape index (κ3) is 2.20. The number of amides is 2. The average molecular weight is 267 g/mol. The van der Waals surface area contributed by atoms with Crippen LogP contribution >= 0.6 is 0 Å². The smallest absolute Gasteiger partial charge is 0.326 e. The zero-order chi connectivity index (χ0) is 14.1. The fraction of sp³-hybridized carbons (Fsp3) is 0.188. The van der Waals surface area contributed by atoms with Crippen LogP contribution in [0.15, 0.2) is 42.5 Å². The normalized spacial score (nSPS) is 13.2. The number of hydrogen-bond acceptors (Lipinski definition) is 2. The van der Waals surface area contributed by atoms with E-state index in [2.05, 4.69) is 5.32 Å². The van der Waals surface area contributed by atoms with Gasteiger partial charge in [-0.3, -0.25) is 4.90 Å². The number of nitrogens with one attached hydrogen (secondary N) is 1. The maximum Gasteiger partial charge on any atom is 0.326 e. The Hall–Kier alpha value is -2.49. The zero-order valence-electron chi connectivity index (χ0n) is 11.4. The largest absolute Gasteiger partial charge is 0.397 e. The third-order valence-corrected chi connectivity index (χ3v) is 3.57. The van der Waals surface area contributed by atoms with Gasteiger partial charge in [0.2, 0.25) is 0 Å². The number of fused-ring (bicyclic) bond motifs is 1. The second kappa shape index (κ2) is 4.89. The molecule has 0 bridgehead atoms. The van der Waals surface area contributed by atoms with Crippen molar-refractivity contribution in [1.82, 2.24) is 0 Å². The number of nitrogens with two attached hydrogens (primary N) is 1. The van der Waals surface area contributed by atoms with E-state index in [9.17, 15) is 4.79 Å². The van der Waals surface area contributed by atoms with Crippen LogP contribution < -0.4 is 16.0 Å². The minimum absolute atomic E-state index is 0.134. The number of para-hydroxylation sites is 1. The minimum Gasteiger partial charge on any atom is -0.397 e. The fourth-order valence-corrected chi connectivity index (χ4v) is 2.52. The Morgan fingerprint density at radius 1 is 1.20 bits per heavy atom. The summed E-state index contributed by atoms with van der Waals surface area (Å²) >= 11 is 0. The number of carbonyl (C=O) groups excluding carboxylic acids is 1. The van der Waals surface area contributed by atoms with Crippen LogP contribution in [0.3, 0.4) is 0 Å². The molecule has 2 amide bonds. The third-order valence-electron chi connectivity index (χ3n) is 3.57. The Kier molecular flexibility index (Phi) is 3.06. The zero-order valence-corrected chi connectivity index (χ0v) is 11.4. The van der Waals surface area contributed by atoms with Crippen molar-refractivity contribution in [3.05, 3.63) is 53.6 Å². The summed E-state index contributed by atoms with van der Waals surface area (Å²) in [5, 5.41) is 2.91. The summed E-state index contributed by atoms with van der Waals surface area (Å²) in [5.74, 6) is 0. The molecular weight excluding hydrogens is 250 g/mol. The van der Waals surface area contributed by atoms with E-state index in [4.69, 9.17) is 5.73 Å². The molecule has 0 aromatic heterocycles. The first-order chi connectivity index (χ1) is 9.65. The molecule has 4 heteroatoms. The van der Waals surface area contributed by atoms with Crippen molar-refractivity contribution in [2.75, 3.05) is 22.5 Å². The van der Waals surface area contributed by atoms with Gasteiger partial charge in [-0.05, 0) is 37.1 Å². The molecule has 0 aliphatic carbocycles. The van der Waals surface area contributed by atoms with Crippen molar-refractivity contribution in [2.24, 2.45) is 0 Å². The quantitative estimate of drug-likeness (QED) is 0.780. The van der Waals surface area contributed by atoms with Crippen molar-refractivity contribution in [3.8, 4) is 0 Å². The number of nitrogens with zero attached hydrogens (tertiary/aromatic N) is 1. The lowest BCUT2D eigenvalue weighted by Gasteiger charge is -2.19. The Balaban J connectivity index is 1.82. The Bertz CT molecular complexity index is 649. The molecule has 2 aromatic carbocycles. The van der Waals surface area contributed by atoms with Gasteiger partial charge in [0.15, 0.2) is 0 Å². The van der Waals surface area contributed by atoms with E-state index in [-0.39, 0.29) is 6.03 Å². The summed E-state index contributed by atoms with van der Waals surface area (Å²) in [6, 6.07) is 13.4. The van der Waals surface area contributed by atoms with Crippen LogP contribution in [0.2, 0.25) is 0 Å². The summed E-state index contributed by atoms with van der Waals surface area (Å²) in [6.07, 6.45) is 0.849. The highest BCUT2D eigenvalue weighted by Crippen LogP contribution is 2.33. The SMILES string of the molecule is Cc1ccc(NC(=O)N2CCc3cccc(N)c32)cc1. The summed E-state index contributed by atoms with van der Waals surface area (Å²) in [7, 11) is 0. The van der Waals surface area contributed by atoms with Gasteiger partial charge in [0.1, 0.15) is 0 Å². The molecule has 4 nitrogen and oxygen atoms in total. The molecule has 1 heterocycles. The van der Waals surface area contributed by atoms with Crippen LogP contribution in [0.5, 0.6) is 0 Å². The number of benzene rings is 2.